The molecule has 0 fully saturated rings. The maximum absolute atomic E-state index is 11.7. The lowest BCUT2D eigenvalue weighted by Gasteiger charge is -2.12. The fraction of sp³-hybridized carbons (Fsp3) is 0.400. The van der Waals surface area contributed by atoms with Crippen molar-refractivity contribution < 1.29 is 4.79 Å². The first kappa shape index (κ1) is 12.8. The second kappa shape index (κ2) is 5.45. The van der Waals surface area contributed by atoms with Gasteiger partial charge in [0.05, 0.1) is 5.52 Å². The van der Waals surface area contributed by atoms with Crippen molar-refractivity contribution in [3.8, 4) is 0 Å². The molecule has 0 saturated carbocycles. The normalized spacial score (nSPS) is 15.8. The number of para-hydroxylation sites is 1. The van der Waals surface area contributed by atoms with Crippen LogP contribution in [0.15, 0.2) is 29.3 Å². The van der Waals surface area contributed by atoms with Crippen LogP contribution in [0.2, 0.25) is 0 Å². The standard InChI is InChI=1S/C15H18N4O/c1-16-15(20)18-14-11-7-4-5-8-12(11)17-13-9-3-2-6-10-19(13)14/h4-5,7-8H,2-3,6,9-10H2,1H3,(H,16,20). The van der Waals surface area contributed by atoms with Crippen molar-refractivity contribution >= 4 is 16.9 Å². The van der Waals surface area contributed by atoms with Crippen LogP contribution in [-0.2, 0) is 13.0 Å². The second-order valence-electron chi connectivity index (χ2n) is 5.00. The molecule has 0 atom stereocenters. The summed E-state index contributed by atoms with van der Waals surface area (Å²) in [6.07, 6.45) is 4.39. The Morgan fingerprint density at radius 2 is 2.15 bits per heavy atom. The van der Waals surface area contributed by atoms with E-state index in [-0.39, 0.29) is 6.03 Å². The molecule has 2 aromatic rings. The summed E-state index contributed by atoms with van der Waals surface area (Å²) in [6.45, 7) is 0.878. The molecule has 0 bridgehead atoms. The van der Waals surface area contributed by atoms with Crippen molar-refractivity contribution in [3.05, 3.63) is 35.6 Å². The quantitative estimate of drug-likeness (QED) is 0.796. The number of fused-ring (bicyclic) bond motifs is 2. The molecule has 1 aromatic carbocycles. The Morgan fingerprint density at radius 3 is 3.00 bits per heavy atom. The van der Waals surface area contributed by atoms with E-state index >= 15 is 0 Å². The van der Waals surface area contributed by atoms with Gasteiger partial charge in [-0.25, -0.2) is 9.78 Å². The Morgan fingerprint density at radius 1 is 1.30 bits per heavy atom. The van der Waals surface area contributed by atoms with Crippen molar-refractivity contribution in [2.45, 2.75) is 32.2 Å². The van der Waals surface area contributed by atoms with E-state index in [1.54, 1.807) is 7.05 Å². The van der Waals surface area contributed by atoms with E-state index in [0.717, 1.165) is 48.0 Å². The highest BCUT2D eigenvalue weighted by Gasteiger charge is 2.12. The molecule has 1 N–H and O–H groups in total. The number of carbonyl (C=O) groups excluding carboxylic acids is 1. The lowest BCUT2D eigenvalue weighted by atomic mass is 10.2. The first-order chi connectivity index (χ1) is 9.79. The van der Waals surface area contributed by atoms with Gasteiger partial charge in [0.25, 0.3) is 0 Å². The van der Waals surface area contributed by atoms with Crippen LogP contribution in [-0.4, -0.2) is 22.6 Å². The minimum absolute atomic E-state index is 0.319. The van der Waals surface area contributed by atoms with Gasteiger partial charge in [0.15, 0.2) is 0 Å². The van der Waals surface area contributed by atoms with Gasteiger partial charge in [-0.2, -0.15) is 4.99 Å². The van der Waals surface area contributed by atoms with Gasteiger partial charge in [0, 0.05) is 25.4 Å². The zero-order valence-electron chi connectivity index (χ0n) is 11.6. The topological polar surface area (TPSA) is 59.3 Å². The van der Waals surface area contributed by atoms with E-state index in [0.29, 0.717) is 0 Å². The van der Waals surface area contributed by atoms with Crippen LogP contribution in [0.4, 0.5) is 4.79 Å². The lowest BCUT2D eigenvalue weighted by molar-refractivity contribution is 0.250. The van der Waals surface area contributed by atoms with Gasteiger partial charge >= 0.3 is 6.03 Å². The molecule has 3 rings (SSSR count). The number of aryl methyl sites for hydroxylation is 1. The highest BCUT2D eigenvalue weighted by atomic mass is 16.2. The summed E-state index contributed by atoms with van der Waals surface area (Å²) in [6, 6.07) is 7.55. The van der Waals surface area contributed by atoms with E-state index in [1.165, 1.54) is 6.42 Å². The van der Waals surface area contributed by atoms with E-state index in [4.69, 9.17) is 4.98 Å². The predicted octanol–water partition coefficient (Wildman–Crippen LogP) is 2.00. The number of amides is 2. The largest absolute Gasteiger partial charge is 0.342 e. The Bertz CT molecular complexity index is 717. The molecule has 104 valence electrons. The molecule has 1 aromatic heterocycles. The van der Waals surface area contributed by atoms with E-state index in [9.17, 15) is 4.79 Å². The average Bonchev–Trinajstić information content (AvgIpc) is 2.72. The third-order valence-corrected chi connectivity index (χ3v) is 3.67. The van der Waals surface area contributed by atoms with Crippen LogP contribution >= 0.6 is 0 Å². The number of carbonyl (C=O) groups is 1. The molecule has 20 heavy (non-hydrogen) atoms. The van der Waals surface area contributed by atoms with Crippen molar-refractivity contribution in [2.75, 3.05) is 7.05 Å². The monoisotopic (exact) mass is 270 g/mol. The number of nitrogens with one attached hydrogen (secondary N) is 1. The summed E-state index contributed by atoms with van der Waals surface area (Å²) in [7, 11) is 1.60. The van der Waals surface area contributed by atoms with E-state index in [2.05, 4.69) is 14.9 Å². The lowest BCUT2D eigenvalue weighted by Crippen LogP contribution is -2.29. The van der Waals surface area contributed by atoms with Gasteiger partial charge in [-0.15, -0.1) is 0 Å². The number of benzene rings is 1. The fourth-order valence-corrected chi connectivity index (χ4v) is 2.66. The fourth-order valence-electron chi connectivity index (χ4n) is 2.66. The molecule has 0 spiro atoms. The third kappa shape index (κ3) is 2.31. The number of aromatic nitrogens is 2. The van der Waals surface area contributed by atoms with E-state index < -0.39 is 0 Å². The van der Waals surface area contributed by atoms with Gasteiger partial charge in [-0.05, 0) is 25.0 Å². The Hall–Kier alpha value is -2.17. The number of hydrogen-bond acceptors (Lipinski definition) is 2. The summed E-state index contributed by atoms with van der Waals surface area (Å²) in [5.74, 6) is 1.03. The number of rotatable bonds is 0. The van der Waals surface area contributed by atoms with Crippen LogP contribution in [0.3, 0.4) is 0 Å². The first-order valence-electron chi connectivity index (χ1n) is 7.04. The molecular formula is C15H18N4O. The van der Waals surface area contributed by atoms with Crippen LogP contribution in [0.25, 0.3) is 10.9 Å². The summed E-state index contributed by atoms with van der Waals surface area (Å²) in [4.78, 5) is 20.7. The molecule has 2 amide bonds. The summed E-state index contributed by atoms with van der Waals surface area (Å²) in [5.41, 5.74) is 1.63. The van der Waals surface area contributed by atoms with Crippen molar-refractivity contribution in [3.63, 3.8) is 0 Å². The van der Waals surface area contributed by atoms with Crippen molar-refractivity contribution in [1.82, 2.24) is 14.9 Å². The third-order valence-electron chi connectivity index (χ3n) is 3.67. The Labute approximate surface area is 117 Å². The first-order valence-corrected chi connectivity index (χ1v) is 7.04. The molecule has 0 aliphatic carbocycles. The number of nitrogens with zero attached hydrogens (tertiary/aromatic N) is 3. The molecular weight excluding hydrogens is 252 g/mol. The summed E-state index contributed by atoms with van der Waals surface area (Å²) in [5, 5.41) is 3.49. The van der Waals surface area contributed by atoms with Crippen molar-refractivity contribution in [2.24, 2.45) is 4.99 Å². The van der Waals surface area contributed by atoms with Crippen LogP contribution < -0.4 is 10.8 Å². The zero-order valence-corrected chi connectivity index (χ0v) is 11.6. The summed E-state index contributed by atoms with van der Waals surface area (Å²) >= 11 is 0. The predicted molar refractivity (Wildman–Crippen MR) is 77.3 cm³/mol. The highest BCUT2D eigenvalue weighted by molar-refractivity contribution is 5.80. The van der Waals surface area contributed by atoms with E-state index in [1.807, 2.05) is 24.3 Å². The van der Waals surface area contributed by atoms with Crippen LogP contribution in [0.1, 0.15) is 25.1 Å². The molecule has 0 unspecified atom stereocenters. The number of urea groups is 1. The minimum Gasteiger partial charge on any atom is -0.339 e. The molecule has 5 nitrogen and oxygen atoms in total. The molecule has 1 aliphatic rings. The highest BCUT2D eigenvalue weighted by Crippen LogP contribution is 2.14. The maximum Gasteiger partial charge on any atom is 0.342 e. The van der Waals surface area contributed by atoms with Crippen LogP contribution in [0.5, 0.6) is 0 Å². The maximum atomic E-state index is 11.7. The molecule has 0 radical (unpaired) electrons. The Balaban J connectivity index is 2.35. The smallest absolute Gasteiger partial charge is 0.339 e. The average molecular weight is 270 g/mol. The van der Waals surface area contributed by atoms with Gasteiger partial charge in [-0.3, -0.25) is 0 Å². The summed E-state index contributed by atoms with van der Waals surface area (Å²) < 4.78 is 2.10. The van der Waals surface area contributed by atoms with Gasteiger partial charge < -0.3 is 9.88 Å². The molecule has 1 aliphatic heterocycles. The number of hydrogen-bond donors (Lipinski definition) is 1. The molecule has 0 saturated heterocycles. The van der Waals surface area contributed by atoms with Crippen LogP contribution in [0, 0.1) is 0 Å². The van der Waals surface area contributed by atoms with Gasteiger partial charge in [0.1, 0.15) is 11.3 Å². The van der Waals surface area contributed by atoms with Gasteiger partial charge in [0.2, 0.25) is 0 Å². The molecule has 5 heteroatoms. The Kier molecular flexibility index (Phi) is 3.50. The van der Waals surface area contributed by atoms with Gasteiger partial charge in [-0.1, -0.05) is 18.6 Å². The molecule has 2 heterocycles. The second-order valence-corrected chi connectivity index (χ2v) is 5.00. The zero-order chi connectivity index (χ0) is 13.9. The minimum atomic E-state index is -0.319. The SMILES string of the molecule is CNC(=O)N=c1c2ccccc2nc2n1CCCCC2. The van der Waals surface area contributed by atoms with Crippen molar-refractivity contribution in [1.29, 1.82) is 0 Å².